The van der Waals surface area contributed by atoms with Crippen LogP contribution in [0, 0.1) is 0 Å². The number of hydrogen-bond acceptors (Lipinski definition) is 15. The fourth-order valence-corrected chi connectivity index (χ4v) is 10.6. The van der Waals surface area contributed by atoms with Crippen molar-refractivity contribution in [3.05, 3.63) is 95.8 Å². The smallest absolute Gasteiger partial charge is 0.303 e. The molecule has 0 saturated carbocycles. The van der Waals surface area contributed by atoms with E-state index >= 15 is 0 Å². The summed E-state index contributed by atoms with van der Waals surface area (Å²) < 4.78 is 161. The number of carboxylic acids is 1. The summed E-state index contributed by atoms with van der Waals surface area (Å²) in [6.07, 6.45) is 14.1. The molecule has 2 unspecified atom stereocenters. The van der Waals surface area contributed by atoms with E-state index in [-0.39, 0.29) is 50.3 Å². The monoisotopic (exact) mass is 1060 g/mol. The average Bonchev–Trinajstić information content (AvgIpc) is 3.63. The Balaban J connectivity index is 1.68. The maximum Gasteiger partial charge on any atom is 0.303 e. The van der Waals surface area contributed by atoms with Crippen LogP contribution in [0.1, 0.15) is 76.3 Å². The summed E-state index contributed by atoms with van der Waals surface area (Å²) in [4.78, 5) is 12.4. The van der Waals surface area contributed by atoms with Gasteiger partial charge in [0.15, 0.2) is 5.71 Å². The predicted molar refractivity (Wildman–Crippen MR) is 260 cm³/mol. The topological polar surface area (TPSA) is 301 Å². The van der Waals surface area contributed by atoms with Gasteiger partial charge in [-0.1, -0.05) is 36.8 Å². The van der Waals surface area contributed by atoms with Crippen molar-refractivity contribution in [1.29, 1.82) is 0 Å². The summed E-state index contributed by atoms with van der Waals surface area (Å²) in [5.41, 5.74) is 1.41. The zero-order valence-electron chi connectivity index (χ0n) is 39.5. The number of anilines is 1. The standard InChI is InChI=1S/C46H64N2O18S4/c1-45(21-12-32-67(51,52)53)38-34-36(69(57,58)59)17-19-40(38)48(24-13-33-68(54,55)56)42(45)14-8-5-4-6-9-15-43-46(2,22-25-64-28-29-66-31-30-65-27-26-63-3)39-35-37(70(60,61)62)18-20-41(39)47(43)23-11-7-10-16-44(49)50/h4-6,8-9,14-15,17-20,34-35H,7,10-13,16,21-33H2,1-3H3,(H4-,49,50,51,52,53,54,55,56,57,58,59,60,61,62). The molecule has 20 nitrogen and oxygen atoms in total. The lowest BCUT2D eigenvalue weighted by Crippen LogP contribution is -2.32. The normalized spacial score (nSPS) is 19.4. The molecular weight excluding hydrogens is 997 g/mol. The molecule has 0 radical (unpaired) electrons. The molecule has 2 aliphatic rings. The Morgan fingerprint density at radius 2 is 1.27 bits per heavy atom. The lowest BCUT2D eigenvalue weighted by atomic mass is 9.76. The van der Waals surface area contributed by atoms with E-state index < -0.39 is 73.7 Å². The minimum Gasteiger partial charge on any atom is -0.744 e. The van der Waals surface area contributed by atoms with Crippen LogP contribution in [0.3, 0.4) is 0 Å². The van der Waals surface area contributed by atoms with Gasteiger partial charge in [-0.2, -0.15) is 29.8 Å². The van der Waals surface area contributed by atoms with Gasteiger partial charge in [-0.25, -0.2) is 8.42 Å². The highest BCUT2D eigenvalue weighted by Gasteiger charge is 2.48. The van der Waals surface area contributed by atoms with Crippen molar-refractivity contribution in [2.45, 2.75) is 85.8 Å². The Kier molecular flexibility index (Phi) is 21.7. The Labute approximate surface area is 411 Å². The van der Waals surface area contributed by atoms with Crippen LogP contribution in [0.2, 0.25) is 0 Å². The van der Waals surface area contributed by atoms with Crippen LogP contribution in [0.25, 0.3) is 0 Å². The van der Waals surface area contributed by atoms with Gasteiger partial charge in [-0.3, -0.25) is 18.5 Å². The van der Waals surface area contributed by atoms with Crippen LogP contribution in [0.15, 0.2) is 94.4 Å². The predicted octanol–water partition coefficient (Wildman–Crippen LogP) is 5.20. The van der Waals surface area contributed by atoms with Crippen LogP contribution < -0.4 is 4.90 Å². The summed E-state index contributed by atoms with van der Waals surface area (Å²) in [6.45, 7) is 6.65. The molecule has 2 aliphatic heterocycles. The number of ether oxygens (including phenoxy) is 4. The first-order chi connectivity index (χ1) is 32.8. The van der Waals surface area contributed by atoms with Crippen molar-refractivity contribution < 1.29 is 85.3 Å². The number of aliphatic carboxylic acids is 1. The number of unbranched alkanes of at least 4 members (excludes halogenated alkanes) is 2. The Hall–Kier alpha value is -4.18. The fourth-order valence-electron chi connectivity index (χ4n) is 8.57. The number of methoxy groups -OCH3 is 1. The molecule has 390 valence electrons. The van der Waals surface area contributed by atoms with Gasteiger partial charge >= 0.3 is 5.97 Å². The first-order valence-corrected chi connectivity index (χ1v) is 28.6. The molecule has 0 bridgehead atoms. The Morgan fingerprint density at radius 3 is 1.89 bits per heavy atom. The second-order valence-electron chi connectivity index (χ2n) is 17.1. The van der Waals surface area contributed by atoms with Crippen LogP contribution in [0.5, 0.6) is 0 Å². The minimum absolute atomic E-state index is 0.0123. The van der Waals surface area contributed by atoms with Gasteiger partial charge in [0.05, 0.1) is 66.4 Å². The van der Waals surface area contributed by atoms with E-state index in [1.807, 2.05) is 17.9 Å². The summed E-state index contributed by atoms with van der Waals surface area (Å²) in [5.74, 6) is -2.10. The molecule has 0 aliphatic carbocycles. The van der Waals surface area contributed by atoms with Crippen molar-refractivity contribution >= 4 is 63.5 Å². The Bertz CT molecular complexity index is 2750. The molecule has 70 heavy (non-hydrogen) atoms. The molecular formula is C46H64N2O18S4. The summed E-state index contributed by atoms with van der Waals surface area (Å²) in [5, 5.41) is 9.19. The highest BCUT2D eigenvalue weighted by Crippen LogP contribution is 2.51. The lowest BCUT2D eigenvalue weighted by Gasteiger charge is -2.30. The molecule has 2 aromatic rings. The molecule has 2 atom stereocenters. The maximum absolute atomic E-state index is 12.4. The van der Waals surface area contributed by atoms with Crippen LogP contribution in [-0.2, 0) is 75.0 Å². The fraction of sp³-hybridized carbons (Fsp3) is 0.522. The third-order valence-electron chi connectivity index (χ3n) is 12.0. The van der Waals surface area contributed by atoms with Crippen LogP contribution in [-0.4, -0.2) is 151 Å². The van der Waals surface area contributed by atoms with Crippen molar-refractivity contribution in [3.63, 3.8) is 0 Å². The van der Waals surface area contributed by atoms with E-state index in [4.69, 9.17) is 18.9 Å². The molecule has 0 aromatic heterocycles. The highest BCUT2D eigenvalue weighted by atomic mass is 32.2. The summed E-state index contributed by atoms with van der Waals surface area (Å²) in [7, 11) is -16.7. The summed E-state index contributed by atoms with van der Waals surface area (Å²) >= 11 is 0. The maximum atomic E-state index is 12.4. The number of benzene rings is 2. The SMILES string of the molecule is COCCOCCOCCOCCC1(C)C(=CC=CC=CC=CC2=[N+](CCCS(=O)(=O)O)c3ccc(S(=O)(=O)[O-])cc3C2(C)CCCS(=O)(=O)O)N(CCCCCC(=O)O)c2ccc(S(=O)(=O)O)cc21. The largest absolute Gasteiger partial charge is 0.744 e. The van der Waals surface area contributed by atoms with E-state index in [1.165, 1.54) is 24.3 Å². The summed E-state index contributed by atoms with van der Waals surface area (Å²) in [6, 6.07) is 8.14. The third kappa shape index (κ3) is 17.3. The van der Waals surface area contributed by atoms with Crippen molar-refractivity contribution in [2.75, 3.05) is 82.9 Å². The van der Waals surface area contributed by atoms with Crippen LogP contribution in [0.4, 0.5) is 11.4 Å². The average molecular weight is 1060 g/mol. The number of rotatable bonds is 32. The second-order valence-corrected chi connectivity index (χ2v) is 23.1. The minimum atomic E-state index is -4.92. The molecule has 0 amide bonds. The van der Waals surface area contributed by atoms with Crippen molar-refractivity contribution in [3.8, 4) is 0 Å². The van der Waals surface area contributed by atoms with Gasteiger partial charge in [-0.15, -0.1) is 0 Å². The molecule has 0 fully saturated rings. The lowest BCUT2D eigenvalue weighted by molar-refractivity contribution is -0.437. The third-order valence-corrected chi connectivity index (χ3v) is 15.3. The van der Waals surface area contributed by atoms with E-state index in [2.05, 4.69) is 0 Å². The quantitative estimate of drug-likeness (QED) is 0.0317. The first-order valence-electron chi connectivity index (χ1n) is 22.5. The first kappa shape index (κ1) is 58.4. The van der Waals surface area contributed by atoms with Gasteiger partial charge in [0.2, 0.25) is 5.69 Å². The van der Waals surface area contributed by atoms with Gasteiger partial charge in [0.1, 0.15) is 16.7 Å². The highest BCUT2D eigenvalue weighted by molar-refractivity contribution is 7.86. The number of carbonyl (C=O) groups is 1. The molecule has 0 spiro atoms. The zero-order chi connectivity index (χ0) is 51.8. The van der Waals surface area contributed by atoms with Gasteiger partial charge in [-0.05, 0) is 87.9 Å². The van der Waals surface area contributed by atoms with Crippen LogP contribution >= 0.6 is 0 Å². The molecule has 0 saturated heterocycles. The van der Waals surface area contributed by atoms with E-state index in [9.17, 15) is 61.8 Å². The van der Waals surface area contributed by atoms with E-state index in [0.717, 1.165) is 11.8 Å². The molecule has 4 N–H and O–H groups in total. The van der Waals surface area contributed by atoms with Gasteiger partial charge < -0.3 is 33.5 Å². The van der Waals surface area contributed by atoms with Gasteiger partial charge in [0.25, 0.3) is 30.4 Å². The van der Waals surface area contributed by atoms with E-state index in [1.54, 1.807) is 61.1 Å². The van der Waals surface area contributed by atoms with Crippen molar-refractivity contribution in [2.24, 2.45) is 0 Å². The molecule has 2 aromatic carbocycles. The zero-order valence-corrected chi connectivity index (χ0v) is 42.7. The molecule has 24 heteroatoms. The molecule has 4 rings (SSSR count). The van der Waals surface area contributed by atoms with E-state index in [0.29, 0.717) is 93.5 Å². The van der Waals surface area contributed by atoms with Crippen molar-refractivity contribution in [1.82, 2.24) is 0 Å². The number of nitrogens with zero attached hydrogens (tertiary/aromatic N) is 2. The number of carboxylic acid groups (broad SMARTS) is 1. The number of allylic oxidation sites excluding steroid dienone is 8. The molecule has 2 heterocycles. The Morgan fingerprint density at radius 1 is 0.686 bits per heavy atom. The second kappa shape index (κ2) is 26.0. The van der Waals surface area contributed by atoms with Gasteiger partial charge in [0, 0.05) is 67.6 Å². The number of hydrogen-bond donors (Lipinski definition) is 4. The number of fused-ring (bicyclic) bond motifs is 2.